The van der Waals surface area contributed by atoms with Crippen LogP contribution in [0.1, 0.15) is 67.3 Å². The minimum Gasteiger partial charge on any atom is -0.378 e. The van der Waals surface area contributed by atoms with Crippen molar-refractivity contribution in [3.63, 3.8) is 0 Å². The number of imidazole rings is 1. The molecule has 2 aromatic rings. The van der Waals surface area contributed by atoms with Crippen molar-refractivity contribution >= 4 is 11.6 Å². The summed E-state index contributed by atoms with van der Waals surface area (Å²) in [6.45, 7) is 5.41. The number of carbonyl (C=O) groups is 1. The number of unbranched alkanes of at least 4 members (excludes halogenated alkanes) is 1. The Balaban J connectivity index is 1.47. The van der Waals surface area contributed by atoms with E-state index in [0.717, 1.165) is 43.7 Å². The topological polar surface area (TPSA) is 77.8 Å². The quantitative estimate of drug-likeness (QED) is 0.688. The number of methoxy groups -OCH3 is 1. The van der Waals surface area contributed by atoms with Crippen LogP contribution in [0.3, 0.4) is 0 Å². The Morgan fingerprint density at radius 3 is 2.76 bits per heavy atom. The van der Waals surface area contributed by atoms with Crippen LogP contribution in [0.4, 0.5) is 0 Å². The van der Waals surface area contributed by atoms with Crippen molar-refractivity contribution in [2.45, 2.75) is 71.1 Å². The Morgan fingerprint density at radius 1 is 1.31 bits per heavy atom. The van der Waals surface area contributed by atoms with E-state index in [2.05, 4.69) is 22.2 Å². The third kappa shape index (κ3) is 4.16. The lowest BCUT2D eigenvalue weighted by molar-refractivity contribution is -0.00121. The van der Waals surface area contributed by atoms with Crippen molar-refractivity contribution < 1.29 is 14.3 Å². The van der Waals surface area contributed by atoms with Crippen molar-refractivity contribution in [2.75, 3.05) is 13.7 Å². The van der Waals surface area contributed by atoms with Gasteiger partial charge in [-0.2, -0.15) is 0 Å². The molecule has 2 saturated carbocycles. The number of nitrogens with one attached hydrogen (secondary N) is 1. The zero-order valence-electron chi connectivity index (χ0n) is 17.7. The molecule has 1 N–H and O–H groups in total. The Kier molecular flexibility index (Phi) is 6.15. The highest BCUT2D eigenvalue weighted by molar-refractivity contribution is 5.98. The highest BCUT2D eigenvalue weighted by Crippen LogP contribution is 2.43. The summed E-state index contributed by atoms with van der Waals surface area (Å²) in [7, 11) is 1.66. The molecule has 29 heavy (non-hydrogen) atoms. The second kappa shape index (κ2) is 8.79. The van der Waals surface area contributed by atoms with E-state index in [1.807, 2.05) is 17.4 Å². The fourth-order valence-electron chi connectivity index (χ4n) is 5.05. The summed E-state index contributed by atoms with van der Waals surface area (Å²) in [5.41, 5.74) is 2.78. The van der Waals surface area contributed by atoms with Gasteiger partial charge in [0, 0.05) is 25.5 Å². The Hall–Kier alpha value is -1.99. The summed E-state index contributed by atoms with van der Waals surface area (Å²) in [5.74, 6) is 0.870. The van der Waals surface area contributed by atoms with Crippen LogP contribution in [0.5, 0.6) is 0 Å². The van der Waals surface area contributed by atoms with Crippen LogP contribution in [0.2, 0.25) is 0 Å². The third-order valence-corrected chi connectivity index (χ3v) is 6.42. The molecule has 1 amide bonds. The molecule has 0 aromatic carbocycles. The van der Waals surface area contributed by atoms with E-state index in [1.54, 1.807) is 13.4 Å². The van der Waals surface area contributed by atoms with Gasteiger partial charge < -0.3 is 14.8 Å². The van der Waals surface area contributed by atoms with Crippen LogP contribution in [-0.4, -0.2) is 46.1 Å². The van der Waals surface area contributed by atoms with Gasteiger partial charge in [-0.1, -0.05) is 13.3 Å². The van der Waals surface area contributed by atoms with Crippen LogP contribution in [-0.2, 0) is 16.1 Å². The maximum atomic E-state index is 13.1. The van der Waals surface area contributed by atoms with Gasteiger partial charge in [0.2, 0.25) is 0 Å². The molecule has 0 saturated heterocycles. The summed E-state index contributed by atoms with van der Waals surface area (Å²) in [6, 6.07) is 2.17. The Bertz CT molecular complexity index is 851. The number of amides is 1. The van der Waals surface area contributed by atoms with E-state index in [0.29, 0.717) is 35.9 Å². The first-order chi connectivity index (χ1) is 14.1. The molecule has 2 unspecified atom stereocenters. The zero-order chi connectivity index (χ0) is 20.4. The molecule has 2 atom stereocenters. The molecule has 7 heteroatoms. The second-order valence-corrected chi connectivity index (χ2v) is 8.52. The largest absolute Gasteiger partial charge is 0.378 e. The van der Waals surface area contributed by atoms with Gasteiger partial charge in [-0.3, -0.25) is 9.20 Å². The van der Waals surface area contributed by atoms with Crippen LogP contribution < -0.4 is 5.32 Å². The Labute approximate surface area is 172 Å². The highest BCUT2D eigenvalue weighted by atomic mass is 16.5. The van der Waals surface area contributed by atoms with Crippen molar-refractivity contribution in [3.05, 3.63) is 29.5 Å². The zero-order valence-corrected chi connectivity index (χ0v) is 17.7. The standard InChI is InChI=1S/C22H32N4O3/c1-4-5-8-29-18-10-15-6-7-16(11-18)19(15)25-22(27)20-21-24-14(2)9-17(12-28-3)26(21)13-23-20/h9,13,15-16,18-19H,4-8,10-12H2,1-3H3,(H,25,27)/t15?,16?,18-,19+. The van der Waals surface area contributed by atoms with Crippen molar-refractivity contribution in [1.29, 1.82) is 0 Å². The predicted molar refractivity (Wildman–Crippen MR) is 110 cm³/mol. The van der Waals surface area contributed by atoms with Gasteiger partial charge in [-0.05, 0) is 56.9 Å². The maximum absolute atomic E-state index is 13.1. The van der Waals surface area contributed by atoms with Crippen LogP contribution in [0.25, 0.3) is 5.65 Å². The molecule has 0 spiro atoms. The van der Waals surface area contributed by atoms with E-state index in [4.69, 9.17) is 9.47 Å². The average Bonchev–Trinajstić information content (AvgIpc) is 3.20. The second-order valence-electron chi connectivity index (χ2n) is 8.52. The number of aryl methyl sites for hydroxylation is 1. The molecule has 2 bridgehead atoms. The van der Waals surface area contributed by atoms with Gasteiger partial charge in [-0.15, -0.1) is 0 Å². The number of fused-ring (bicyclic) bond motifs is 3. The van der Waals surface area contributed by atoms with E-state index in [-0.39, 0.29) is 11.9 Å². The number of ether oxygens (including phenoxy) is 2. The van der Waals surface area contributed by atoms with Crippen molar-refractivity contribution in [1.82, 2.24) is 19.7 Å². The summed E-state index contributed by atoms with van der Waals surface area (Å²) in [4.78, 5) is 22.0. The van der Waals surface area contributed by atoms with Crippen LogP contribution in [0.15, 0.2) is 12.4 Å². The lowest BCUT2D eigenvalue weighted by Crippen LogP contribution is -2.46. The minimum atomic E-state index is -0.124. The lowest BCUT2D eigenvalue weighted by Gasteiger charge is -2.35. The fraction of sp³-hybridized carbons (Fsp3) is 0.682. The summed E-state index contributed by atoms with van der Waals surface area (Å²) >= 11 is 0. The molecule has 2 aliphatic rings. The normalized spacial score (nSPS) is 26.2. The summed E-state index contributed by atoms with van der Waals surface area (Å²) in [6.07, 6.45) is 8.73. The molecule has 158 valence electrons. The van der Waals surface area contributed by atoms with Gasteiger partial charge in [0.15, 0.2) is 11.3 Å². The molecule has 4 rings (SSSR count). The number of hydrogen-bond acceptors (Lipinski definition) is 5. The molecule has 2 aliphatic carbocycles. The summed E-state index contributed by atoms with van der Waals surface area (Å²) < 4.78 is 13.2. The first-order valence-corrected chi connectivity index (χ1v) is 10.9. The van der Waals surface area contributed by atoms with Crippen LogP contribution in [0, 0.1) is 18.8 Å². The van der Waals surface area contributed by atoms with E-state index in [1.165, 1.54) is 12.8 Å². The summed E-state index contributed by atoms with van der Waals surface area (Å²) in [5, 5.41) is 3.29. The van der Waals surface area contributed by atoms with Crippen molar-refractivity contribution in [3.8, 4) is 0 Å². The predicted octanol–water partition coefficient (Wildman–Crippen LogP) is 3.29. The van der Waals surface area contributed by atoms with E-state index >= 15 is 0 Å². The lowest BCUT2D eigenvalue weighted by atomic mass is 9.82. The molecule has 2 aromatic heterocycles. The fourth-order valence-corrected chi connectivity index (χ4v) is 5.05. The van der Waals surface area contributed by atoms with Gasteiger partial charge >= 0.3 is 0 Å². The van der Waals surface area contributed by atoms with Crippen LogP contribution >= 0.6 is 0 Å². The smallest absolute Gasteiger partial charge is 0.274 e. The third-order valence-electron chi connectivity index (χ3n) is 6.42. The highest BCUT2D eigenvalue weighted by Gasteiger charge is 2.44. The molecule has 7 nitrogen and oxygen atoms in total. The number of aromatic nitrogens is 3. The van der Waals surface area contributed by atoms with Gasteiger partial charge in [-0.25, -0.2) is 9.97 Å². The number of nitrogens with zero attached hydrogens (tertiary/aromatic N) is 3. The van der Waals surface area contributed by atoms with E-state index in [9.17, 15) is 4.79 Å². The number of rotatable bonds is 8. The van der Waals surface area contributed by atoms with E-state index < -0.39 is 0 Å². The molecular weight excluding hydrogens is 368 g/mol. The molecule has 2 fully saturated rings. The average molecular weight is 401 g/mol. The van der Waals surface area contributed by atoms with Gasteiger partial charge in [0.1, 0.15) is 6.33 Å². The number of hydrogen-bond donors (Lipinski definition) is 1. The minimum absolute atomic E-state index is 0.124. The molecule has 2 heterocycles. The first kappa shape index (κ1) is 20.3. The monoisotopic (exact) mass is 400 g/mol. The van der Waals surface area contributed by atoms with Gasteiger partial charge in [0.05, 0.1) is 18.4 Å². The molecule has 0 radical (unpaired) electrons. The SMILES string of the molecule is CCCCO[C@H]1CC2CCC(C1)[C@@H]2NC(=O)c1ncn2c(COC)cc(C)nc12. The molecular formula is C22H32N4O3. The van der Waals surface area contributed by atoms with Gasteiger partial charge in [0.25, 0.3) is 5.91 Å². The first-order valence-electron chi connectivity index (χ1n) is 10.9. The Morgan fingerprint density at radius 2 is 2.07 bits per heavy atom. The maximum Gasteiger partial charge on any atom is 0.274 e. The van der Waals surface area contributed by atoms with Crippen molar-refractivity contribution in [2.24, 2.45) is 11.8 Å². The molecule has 0 aliphatic heterocycles. The number of carbonyl (C=O) groups excluding carboxylic acids is 1.